The van der Waals surface area contributed by atoms with Gasteiger partial charge in [0.2, 0.25) is 5.95 Å². The quantitative estimate of drug-likeness (QED) is 0.673. The minimum Gasteiger partial charge on any atom is -0.370 e. The maximum atomic E-state index is 4.68. The predicted octanol–water partition coefficient (Wildman–Crippen LogP) is 3.55. The zero-order chi connectivity index (χ0) is 18.2. The van der Waals surface area contributed by atoms with Crippen molar-refractivity contribution in [2.75, 3.05) is 30.3 Å². The molecule has 0 spiro atoms. The van der Waals surface area contributed by atoms with Crippen LogP contribution in [0.25, 0.3) is 11.3 Å². The number of piperidine rings is 1. The molecule has 1 fully saturated rings. The second-order valence-electron chi connectivity index (χ2n) is 7.07. The summed E-state index contributed by atoms with van der Waals surface area (Å²) < 4.78 is 0. The summed E-state index contributed by atoms with van der Waals surface area (Å²) in [5.74, 6) is 2.35. The summed E-state index contributed by atoms with van der Waals surface area (Å²) in [6.45, 7) is 7.53. The van der Waals surface area contributed by atoms with Crippen LogP contribution in [0.2, 0.25) is 0 Å². The third-order valence-corrected chi connectivity index (χ3v) is 4.99. The maximum absolute atomic E-state index is 4.68. The number of anilines is 2. The molecule has 2 aromatic heterocycles. The lowest BCUT2D eigenvalue weighted by Gasteiger charge is -2.22. The van der Waals surface area contributed by atoms with Crippen LogP contribution in [0.4, 0.5) is 11.8 Å². The lowest BCUT2D eigenvalue weighted by molar-refractivity contribution is 0.361. The van der Waals surface area contributed by atoms with Gasteiger partial charge in [-0.15, -0.1) is 0 Å². The van der Waals surface area contributed by atoms with Crippen molar-refractivity contribution >= 4 is 11.8 Å². The van der Waals surface area contributed by atoms with Crippen LogP contribution in [0.1, 0.15) is 39.5 Å². The number of hydrogen-bond acceptors (Lipinski definition) is 6. The first-order valence-electron chi connectivity index (χ1n) is 9.75. The molecule has 0 saturated carbocycles. The average Bonchev–Trinajstić information content (AvgIpc) is 2.69. The summed E-state index contributed by atoms with van der Waals surface area (Å²) in [4.78, 5) is 13.6. The smallest absolute Gasteiger partial charge is 0.225 e. The molecule has 3 N–H and O–H groups in total. The summed E-state index contributed by atoms with van der Waals surface area (Å²) in [5, 5.41) is 10.3. The van der Waals surface area contributed by atoms with Gasteiger partial charge < -0.3 is 16.0 Å². The molecule has 0 radical (unpaired) electrons. The van der Waals surface area contributed by atoms with Gasteiger partial charge in [0.1, 0.15) is 5.82 Å². The van der Waals surface area contributed by atoms with E-state index in [1.807, 2.05) is 24.4 Å². The maximum Gasteiger partial charge on any atom is 0.225 e. The van der Waals surface area contributed by atoms with Crippen molar-refractivity contribution < 1.29 is 0 Å². The van der Waals surface area contributed by atoms with Crippen LogP contribution in [0.15, 0.2) is 30.6 Å². The summed E-state index contributed by atoms with van der Waals surface area (Å²) in [7, 11) is 0. The Morgan fingerprint density at radius 1 is 1.27 bits per heavy atom. The zero-order valence-electron chi connectivity index (χ0n) is 15.8. The van der Waals surface area contributed by atoms with Crippen molar-refractivity contribution in [3.05, 3.63) is 30.6 Å². The summed E-state index contributed by atoms with van der Waals surface area (Å²) in [6.07, 6.45) is 8.37. The van der Waals surface area contributed by atoms with Gasteiger partial charge >= 0.3 is 0 Å². The molecule has 26 heavy (non-hydrogen) atoms. The highest BCUT2D eigenvalue weighted by Crippen LogP contribution is 2.22. The van der Waals surface area contributed by atoms with E-state index in [9.17, 15) is 0 Å². The van der Waals surface area contributed by atoms with Crippen LogP contribution in [-0.2, 0) is 0 Å². The SMILES string of the molecule is CC[C@@H](C)Nc1nc(NCCC2CCNCC2)cc(-c2cccnc2)n1. The van der Waals surface area contributed by atoms with E-state index in [4.69, 9.17) is 0 Å². The second kappa shape index (κ2) is 9.48. The molecular formula is C20H30N6. The summed E-state index contributed by atoms with van der Waals surface area (Å²) in [6, 6.07) is 6.31. The van der Waals surface area contributed by atoms with Crippen LogP contribution in [0.3, 0.4) is 0 Å². The fourth-order valence-electron chi connectivity index (χ4n) is 3.16. The van der Waals surface area contributed by atoms with Crippen molar-refractivity contribution in [1.29, 1.82) is 0 Å². The zero-order valence-corrected chi connectivity index (χ0v) is 15.8. The van der Waals surface area contributed by atoms with Crippen LogP contribution in [-0.4, -0.2) is 40.6 Å². The molecule has 0 unspecified atom stereocenters. The summed E-state index contributed by atoms with van der Waals surface area (Å²) >= 11 is 0. The number of pyridine rings is 1. The van der Waals surface area contributed by atoms with Crippen LogP contribution in [0, 0.1) is 5.92 Å². The van der Waals surface area contributed by atoms with Gasteiger partial charge in [-0.1, -0.05) is 6.92 Å². The van der Waals surface area contributed by atoms with Crippen molar-refractivity contribution in [2.45, 2.75) is 45.6 Å². The van der Waals surface area contributed by atoms with Crippen molar-refractivity contribution in [3.63, 3.8) is 0 Å². The van der Waals surface area contributed by atoms with Gasteiger partial charge in [0.15, 0.2) is 0 Å². The topological polar surface area (TPSA) is 74.8 Å². The Morgan fingerprint density at radius 3 is 2.85 bits per heavy atom. The monoisotopic (exact) mass is 354 g/mol. The molecule has 0 bridgehead atoms. The van der Waals surface area contributed by atoms with Gasteiger partial charge in [0.05, 0.1) is 5.69 Å². The molecule has 0 amide bonds. The molecule has 2 aromatic rings. The highest BCUT2D eigenvalue weighted by Gasteiger charge is 2.13. The lowest BCUT2D eigenvalue weighted by Crippen LogP contribution is -2.28. The molecule has 1 aliphatic heterocycles. The fraction of sp³-hybridized carbons (Fsp3) is 0.550. The molecule has 1 saturated heterocycles. The van der Waals surface area contributed by atoms with E-state index in [1.54, 1.807) is 6.20 Å². The fourth-order valence-corrected chi connectivity index (χ4v) is 3.16. The molecule has 3 rings (SSSR count). The number of hydrogen-bond donors (Lipinski definition) is 3. The van der Waals surface area contributed by atoms with E-state index in [1.165, 1.54) is 19.3 Å². The Balaban J connectivity index is 1.71. The molecule has 3 heterocycles. The Labute approximate surface area is 156 Å². The Kier molecular flexibility index (Phi) is 6.77. The Bertz CT molecular complexity index is 669. The lowest BCUT2D eigenvalue weighted by atomic mass is 9.95. The standard InChI is InChI=1S/C20H30N6/c1-3-15(2)24-20-25-18(17-5-4-9-22-14-17)13-19(26-20)23-12-8-16-6-10-21-11-7-16/h4-5,9,13-16,21H,3,6-8,10-12H2,1-2H3,(H2,23,24,25,26)/t15-/m1/s1. The first-order valence-corrected chi connectivity index (χ1v) is 9.75. The van der Waals surface area contributed by atoms with E-state index in [2.05, 4.69) is 44.7 Å². The number of aromatic nitrogens is 3. The van der Waals surface area contributed by atoms with Crippen LogP contribution < -0.4 is 16.0 Å². The van der Waals surface area contributed by atoms with Gasteiger partial charge in [-0.25, -0.2) is 4.98 Å². The van der Waals surface area contributed by atoms with Crippen molar-refractivity contribution in [2.24, 2.45) is 5.92 Å². The normalized spacial score (nSPS) is 16.2. The Hall–Kier alpha value is -2.21. The highest BCUT2D eigenvalue weighted by atomic mass is 15.2. The minimum absolute atomic E-state index is 0.335. The first-order chi connectivity index (χ1) is 12.7. The van der Waals surface area contributed by atoms with Gasteiger partial charge in [0, 0.05) is 36.6 Å². The van der Waals surface area contributed by atoms with Gasteiger partial charge in [-0.05, 0) is 63.7 Å². The molecular weight excluding hydrogens is 324 g/mol. The highest BCUT2D eigenvalue weighted by molar-refractivity contribution is 5.63. The second-order valence-corrected chi connectivity index (χ2v) is 7.07. The molecule has 1 atom stereocenters. The molecule has 0 aliphatic carbocycles. The number of rotatable bonds is 8. The molecule has 6 heteroatoms. The minimum atomic E-state index is 0.335. The Morgan fingerprint density at radius 2 is 2.12 bits per heavy atom. The third kappa shape index (κ3) is 5.39. The largest absolute Gasteiger partial charge is 0.370 e. The number of nitrogens with one attached hydrogen (secondary N) is 3. The van der Waals surface area contributed by atoms with E-state index in [0.717, 1.165) is 49.0 Å². The van der Waals surface area contributed by atoms with E-state index in [-0.39, 0.29) is 0 Å². The molecule has 0 aromatic carbocycles. The third-order valence-electron chi connectivity index (χ3n) is 4.99. The van der Waals surface area contributed by atoms with E-state index in [0.29, 0.717) is 12.0 Å². The van der Waals surface area contributed by atoms with Crippen LogP contribution >= 0.6 is 0 Å². The van der Waals surface area contributed by atoms with Crippen molar-refractivity contribution in [3.8, 4) is 11.3 Å². The van der Waals surface area contributed by atoms with Crippen LogP contribution in [0.5, 0.6) is 0 Å². The molecule has 1 aliphatic rings. The van der Waals surface area contributed by atoms with Gasteiger partial charge in [-0.3, -0.25) is 4.98 Å². The average molecular weight is 355 g/mol. The van der Waals surface area contributed by atoms with E-state index >= 15 is 0 Å². The van der Waals surface area contributed by atoms with Gasteiger partial charge in [0.25, 0.3) is 0 Å². The van der Waals surface area contributed by atoms with E-state index < -0.39 is 0 Å². The predicted molar refractivity (Wildman–Crippen MR) is 107 cm³/mol. The number of nitrogens with zero attached hydrogens (tertiary/aromatic N) is 3. The molecule has 6 nitrogen and oxygen atoms in total. The van der Waals surface area contributed by atoms with Gasteiger partial charge in [-0.2, -0.15) is 4.98 Å². The first kappa shape index (κ1) is 18.6. The van der Waals surface area contributed by atoms with Crippen molar-refractivity contribution in [1.82, 2.24) is 20.3 Å². The summed E-state index contributed by atoms with van der Waals surface area (Å²) in [5.41, 5.74) is 1.90. The molecule has 140 valence electrons.